The molecule has 1 aromatic carbocycles. The number of aromatic nitrogens is 3. The lowest BCUT2D eigenvalue weighted by atomic mass is 10.1. The Morgan fingerprint density at radius 1 is 1.07 bits per heavy atom. The molecule has 3 aromatic rings. The first-order chi connectivity index (χ1) is 14.0. The lowest BCUT2D eigenvalue weighted by Gasteiger charge is -2.11. The molecule has 0 fully saturated rings. The maximum Gasteiger partial charge on any atom is 0.275 e. The third-order valence-electron chi connectivity index (χ3n) is 4.10. The van der Waals surface area contributed by atoms with Crippen molar-refractivity contribution in [2.24, 2.45) is 0 Å². The van der Waals surface area contributed by atoms with E-state index in [1.54, 1.807) is 40.2 Å². The average molecular weight is 397 g/mol. The van der Waals surface area contributed by atoms with Gasteiger partial charge in [-0.25, -0.2) is 9.97 Å². The fourth-order valence-corrected chi connectivity index (χ4v) is 2.72. The van der Waals surface area contributed by atoms with Gasteiger partial charge < -0.3 is 24.6 Å². The van der Waals surface area contributed by atoms with E-state index in [2.05, 4.69) is 25.8 Å². The van der Waals surface area contributed by atoms with Crippen LogP contribution in [0.2, 0.25) is 0 Å². The van der Waals surface area contributed by atoms with Gasteiger partial charge in [0.25, 0.3) is 5.91 Å². The molecule has 2 heterocycles. The highest BCUT2D eigenvalue weighted by Crippen LogP contribution is 2.27. The van der Waals surface area contributed by atoms with Gasteiger partial charge in [0, 0.05) is 18.3 Å². The van der Waals surface area contributed by atoms with E-state index in [9.17, 15) is 4.79 Å². The number of methoxy groups -OCH3 is 2. The molecule has 9 nitrogen and oxygen atoms in total. The van der Waals surface area contributed by atoms with E-state index in [0.717, 1.165) is 12.0 Å². The first kappa shape index (κ1) is 20.1. The predicted molar refractivity (Wildman–Crippen MR) is 108 cm³/mol. The second kappa shape index (κ2) is 9.05. The molecule has 0 saturated heterocycles. The van der Waals surface area contributed by atoms with Crippen molar-refractivity contribution in [2.45, 2.75) is 20.3 Å². The SMILES string of the molecule is COc1ccc(CCNc2nc(C)cc(C(=O)Nc3cc(C)on3)n2)cc1OC. The van der Waals surface area contributed by atoms with E-state index < -0.39 is 0 Å². The molecule has 0 spiro atoms. The van der Waals surface area contributed by atoms with Crippen LogP contribution in [0.25, 0.3) is 0 Å². The van der Waals surface area contributed by atoms with Crippen molar-refractivity contribution in [1.29, 1.82) is 0 Å². The summed E-state index contributed by atoms with van der Waals surface area (Å²) in [5, 5.41) is 9.56. The Bertz CT molecular complexity index is 1000. The quantitative estimate of drug-likeness (QED) is 0.597. The third kappa shape index (κ3) is 5.22. The molecule has 0 aliphatic heterocycles. The molecule has 0 radical (unpaired) electrons. The minimum absolute atomic E-state index is 0.242. The van der Waals surface area contributed by atoms with Gasteiger partial charge in [0.15, 0.2) is 17.3 Å². The number of rotatable bonds is 8. The topological polar surface area (TPSA) is 111 Å². The molecular formula is C20H23N5O4. The van der Waals surface area contributed by atoms with Crippen LogP contribution in [0, 0.1) is 13.8 Å². The van der Waals surface area contributed by atoms with Gasteiger partial charge in [0.2, 0.25) is 5.95 Å². The van der Waals surface area contributed by atoms with Crippen molar-refractivity contribution in [3.05, 3.63) is 53.0 Å². The number of carbonyl (C=O) groups excluding carboxylic acids is 1. The highest BCUT2D eigenvalue weighted by atomic mass is 16.5. The summed E-state index contributed by atoms with van der Waals surface area (Å²) in [7, 11) is 3.21. The molecule has 152 valence electrons. The standard InChI is InChI=1S/C20H23N5O4/c1-12-9-15(19(26)24-18-10-13(2)29-25-18)23-20(22-12)21-8-7-14-5-6-16(27-3)17(11-14)28-4/h5-6,9-11H,7-8H2,1-4H3,(H,21,22,23)(H,24,25,26). The second-order valence-corrected chi connectivity index (χ2v) is 6.36. The molecule has 0 aliphatic carbocycles. The molecule has 2 aromatic heterocycles. The molecule has 9 heteroatoms. The first-order valence-electron chi connectivity index (χ1n) is 9.03. The van der Waals surface area contributed by atoms with Crippen LogP contribution in [0.1, 0.15) is 27.5 Å². The number of hydrogen-bond donors (Lipinski definition) is 2. The number of amides is 1. The van der Waals surface area contributed by atoms with Crippen molar-refractivity contribution in [2.75, 3.05) is 31.4 Å². The minimum atomic E-state index is -0.383. The number of carbonyl (C=O) groups is 1. The zero-order valence-corrected chi connectivity index (χ0v) is 16.8. The van der Waals surface area contributed by atoms with Gasteiger partial charge in [-0.1, -0.05) is 11.2 Å². The van der Waals surface area contributed by atoms with Crippen LogP contribution in [0.4, 0.5) is 11.8 Å². The Balaban J connectivity index is 1.63. The summed E-state index contributed by atoms with van der Waals surface area (Å²) in [6.45, 7) is 4.14. The number of anilines is 2. The summed E-state index contributed by atoms with van der Waals surface area (Å²) in [6.07, 6.45) is 0.720. The molecule has 3 rings (SSSR count). The highest BCUT2D eigenvalue weighted by Gasteiger charge is 2.13. The molecule has 1 amide bonds. The van der Waals surface area contributed by atoms with Crippen LogP contribution in [0.5, 0.6) is 11.5 Å². The molecule has 2 N–H and O–H groups in total. The van der Waals surface area contributed by atoms with Crippen LogP contribution in [-0.4, -0.2) is 41.8 Å². The van der Waals surface area contributed by atoms with E-state index in [-0.39, 0.29) is 11.6 Å². The Morgan fingerprint density at radius 3 is 2.55 bits per heavy atom. The van der Waals surface area contributed by atoms with Crippen LogP contribution in [0.3, 0.4) is 0 Å². The van der Waals surface area contributed by atoms with Gasteiger partial charge in [-0.05, 0) is 44.0 Å². The minimum Gasteiger partial charge on any atom is -0.493 e. The number of benzene rings is 1. The van der Waals surface area contributed by atoms with Gasteiger partial charge >= 0.3 is 0 Å². The lowest BCUT2D eigenvalue weighted by Crippen LogP contribution is -2.17. The van der Waals surface area contributed by atoms with Gasteiger partial charge in [-0.2, -0.15) is 0 Å². The summed E-state index contributed by atoms with van der Waals surface area (Å²) in [4.78, 5) is 21.0. The van der Waals surface area contributed by atoms with E-state index in [4.69, 9.17) is 14.0 Å². The Morgan fingerprint density at radius 2 is 1.86 bits per heavy atom. The van der Waals surface area contributed by atoms with Gasteiger partial charge in [0.1, 0.15) is 11.5 Å². The smallest absolute Gasteiger partial charge is 0.275 e. The maximum absolute atomic E-state index is 12.4. The van der Waals surface area contributed by atoms with Crippen molar-refractivity contribution in [1.82, 2.24) is 15.1 Å². The monoisotopic (exact) mass is 397 g/mol. The summed E-state index contributed by atoms with van der Waals surface area (Å²) < 4.78 is 15.5. The van der Waals surface area contributed by atoms with Gasteiger partial charge in [0.05, 0.1) is 14.2 Å². The van der Waals surface area contributed by atoms with E-state index in [1.807, 2.05) is 18.2 Å². The summed E-state index contributed by atoms with van der Waals surface area (Å²) in [5.74, 6) is 2.31. The summed E-state index contributed by atoms with van der Waals surface area (Å²) >= 11 is 0. The van der Waals surface area contributed by atoms with E-state index in [1.165, 1.54) is 0 Å². The van der Waals surface area contributed by atoms with Crippen LogP contribution in [-0.2, 0) is 6.42 Å². The largest absolute Gasteiger partial charge is 0.493 e. The number of ether oxygens (including phenoxy) is 2. The summed E-state index contributed by atoms with van der Waals surface area (Å²) in [6, 6.07) is 9.01. The van der Waals surface area contributed by atoms with Crippen molar-refractivity contribution >= 4 is 17.7 Å². The molecule has 0 saturated carbocycles. The molecule has 0 bridgehead atoms. The van der Waals surface area contributed by atoms with Crippen molar-refractivity contribution < 1.29 is 18.8 Å². The Labute approximate surface area is 168 Å². The zero-order chi connectivity index (χ0) is 20.8. The normalized spacial score (nSPS) is 10.5. The van der Waals surface area contributed by atoms with Gasteiger partial charge in [-0.15, -0.1) is 0 Å². The Kier molecular flexibility index (Phi) is 6.28. The highest BCUT2D eigenvalue weighted by molar-refractivity contribution is 6.02. The molecule has 29 heavy (non-hydrogen) atoms. The third-order valence-corrected chi connectivity index (χ3v) is 4.10. The average Bonchev–Trinajstić information content (AvgIpc) is 3.12. The van der Waals surface area contributed by atoms with Crippen LogP contribution >= 0.6 is 0 Å². The Hall–Kier alpha value is -3.62. The summed E-state index contributed by atoms with van der Waals surface area (Å²) in [5.41, 5.74) is 1.99. The molecular weight excluding hydrogens is 374 g/mol. The van der Waals surface area contributed by atoms with Crippen molar-refractivity contribution in [3.8, 4) is 11.5 Å². The number of aryl methyl sites for hydroxylation is 2. The fraction of sp³-hybridized carbons (Fsp3) is 0.300. The van der Waals surface area contributed by atoms with Crippen molar-refractivity contribution in [3.63, 3.8) is 0 Å². The first-order valence-corrected chi connectivity index (χ1v) is 9.03. The number of nitrogens with zero attached hydrogens (tertiary/aromatic N) is 3. The van der Waals surface area contributed by atoms with E-state index >= 15 is 0 Å². The van der Waals surface area contributed by atoms with E-state index in [0.29, 0.717) is 41.3 Å². The second-order valence-electron chi connectivity index (χ2n) is 6.36. The fourth-order valence-electron chi connectivity index (χ4n) is 2.72. The molecule has 0 atom stereocenters. The maximum atomic E-state index is 12.4. The lowest BCUT2D eigenvalue weighted by molar-refractivity contribution is 0.102. The number of hydrogen-bond acceptors (Lipinski definition) is 8. The predicted octanol–water partition coefficient (Wildman–Crippen LogP) is 3.01. The van der Waals surface area contributed by atoms with Gasteiger partial charge in [-0.3, -0.25) is 4.79 Å². The number of nitrogens with one attached hydrogen (secondary N) is 2. The van der Waals surface area contributed by atoms with Crippen LogP contribution in [0.15, 0.2) is 34.9 Å². The zero-order valence-electron chi connectivity index (χ0n) is 16.8. The molecule has 0 unspecified atom stereocenters. The molecule has 0 aliphatic rings. The van der Waals surface area contributed by atoms with Crippen LogP contribution < -0.4 is 20.1 Å².